The minimum Gasteiger partial charge on any atom is -0.376 e. The van der Waals surface area contributed by atoms with Crippen LogP contribution in [0.5, 0.6) is 0 Å². The van der Waals surface area contributed by atoms with Gasteiger partial charge >= 0.3 is 6.03 Å². The van der Waals surface area contributed by atoms with Gasteiger partial charge in [-0.3, -0.25) is 0 Å². The number of hydrogen-bond donors (Lipinski definition) is 1. The van der Waals surface area contributed by atoms with Crippen LogP contribution in [0.1, 0.15) is 18.4 Å². The third-order valence-corrected chi connectivity index (χ3v) is 3.76. The molecule has 1 aromatic carbocycles. The zero-order valence-corrected chi connectivity index (χ0v) is 12.5. The SMILES string of the molecule is C=CCNC(=O)N1CCC(COCc2ccccc2)CC1. The molecule has 0 radical (unpaired) electrons. The number of nitrogens with zero attached hydrogens (tertiary/aromatic N) is 1. The van der Waals surface area contributed by atoms with Gasteiger partial charge in [-0.1, -0.05) is 36.4 Å². The highest BCUT2D eigenvalue weighted by Gasteiger charge is 2.22. The Hall–Kier alpha value is -1.81. The summed E-state index contributed by atoms with van der Waals surface area (Å²) < 4.78 is 5.79. The van der Waals surface area contributed by atoms with E-state index in [0.29, 0.717) is 19.1 Å². The van der Waals surface area contributed by atoms with Crippen molar-refractivity contribution in [2.75, 3.05) is 26.2 Å². The Morgan fingerprint density at radius 3 is 2.71 bits per heavy atom. The van der Waals surface area contributed by atoms with Crippen molar-refractivity contribution in [1.29, 1.82) is 0 Å². The van der Waals surface area contributed by atoms with Crippen LogP contribution in [0.15, 0.2) is 43.0 Å². The van der Waals surface area contributed by atoms with E-state index in [0.717, 1.165) is 32.5 Å². The van der Waals surface area contributed by atoms with Gasteiger partial charge in [-0.25, -0.2) is 4.79 Å². The Bertz CT molecular complexity index is 439. The molecule has 0 aliphatic carbocycles. The van der Waals surface area contributed by atoms with Gasteiger partial charge in [-0.15, -0.1) is 6.58 Å². The molecule has 114 valence electrons. The third kappa shape index (κ3) is 5.23. The number of likely N-dealkylation sites (tertiary alicyclic amines) is 1. The number of benzene rings is 1. The van der Waals surface area contributed by atoms with Crippen LogP contribution in [0.2, 0.25) is 0 Å². The Balaban J connectivity index is 1.63. The Morgan fingerprint density at radius 1 is 1.33 bits per heavy atom. The monoisotopic (exact) mass is 288 g/mol. The normalized spacial score (nSPS) is 15.7. The second-order valence-corrected chi connectivity index (χ2v) is 5.41. The topological polar surface area (TPSA) is 41.6 Å². The van der Waals surface area contributed by atoms with Crippen molar-refractivity contribution in [1.82, 2.24) is 10.2 Å². The van der Waals surface area contributed by atoms with Crippen LogP contribution >= 0.6 is 0 Å². The van der Waals surface area contributed by atoms with Crippen molar-refractivity contribution in [3.8, 4) is 0 Å². The maximum absolute atomic E-state index is 11.8. The summed E-state index contributed by atoms with van der Waals surface area (Å²) in [6, 6.07) is 10.2. The quantitative estimate of drug-likeness (QED) is 0.818. The summed E-state index contributed by atoms with van der Waals surface area (Å²) in [4.78, 5) is 13.7. The maximum Gasteiger partial charge on any atom is 0.317 e. The smallest absolute Gasteiger partial charge is 0.317 e. The van der Waals surface area contributed by atoms with Gasteiger partial charge in [0.2, 0.25) is 0 Å². The highest BCUT2D eigenvalue weighted by molar-refractivity contribution is 5.74. The van der Waals surface area contributed by atoms with Crippen LogP contribution in [0.25, 0.3) is 0 Å². The van der Waals surface area contributed by atoms with E-state index in [2.05, 4.69) is 24.0 Å². The average Bonchev–Trinajstić information content (AvgIpc) is 2.54. The summed E-state index contributed by atoms with van der Waals surface area (Å²) in [6.45, 7) is 7.18. The molecular weight excluding hydrogens is 264 g/mol. The lowest BCUT2D eigenvalue weighted by Crippen LogP contribution is -2.45. The van der Waals surface area contributed by atoms with Gasteiger partial charge in [0, 0.05) is 26.2 Å². The molecule has 0 unspecified atom stereocenters. The number of carbonyl (C=O) groups excluding carboxylic acids is 1. The summed E-state index contributed by atoms with van der Waals surface area (Å²) in [7, 11) is 0. The second kappa shape index (κ2) is 8.47. The van der Waals surface area contributed by atoms with Gasteiger partial charge in [-0.05, 0) is 24.3 Å². The molecule has 0 atom stereocenters. The molecular formula is C17H24N2O2. The second-order valence-electron chi connectivity index (χ2n) is 5.41. The predicted molar refractivity (Wildman–Crippen MR) is 84.0 cm³/mol. The average molecular weight is 288 g/mol. The lowest BCUT2D eigenvalue weighted by atomic mass is 9.98. The lowest BCUT2D eigenvalue weighted by Gasteiger charge is -2.31. The Morgan fingerprint density at radius 2 is 2.05 bits per heavy atom. The van der Waals surface area contributed by atoms with E-state index in [-0.39, 0.29) is 6.03 Å². The molecule has 0 aromatic heterocycles. The number of hydrogen-bond acceptors (Lipinski definition) is 2. The molecule has 2 rings (SSSR count). The van der Waals surface area contributed by atoms with E-state index in [4.69, 9.17) is 4.74 Å². The molecule has 0 bridgehead atoms. The van der Waals surface area contributed by atoms with Gasteiger partial charge in [0.05, 0.1) is 6.61 Å². The van der Waals surface area contributed by atoms with E-state index >= 15 is 0 Å². The molecule has 1 aliphatic rings. The Kier molecular flexibility index (Phi) is 6.28. The van der Waals surface area contributed by atoms with Gasteiger partial charge in [0.1, 0.15) is 0 Å². The molecule has 1 fully saturated rings. The van der Waals surface area contributed by atoms with E-state index < -0.39 is 0 Å². The number of nitrogens with one attached hydrogen (secondary N) is 1. The van der Waals surface area contributed by atoms with Crippen LogP contribution in [-0.4, -0.2) is 37.2 Å². The van der Waals surface area contributed by atoms with E-state index in [1.54, 1.807) is 6.08 Å². The fraction of sp³-hybridized carbons (Fsp3) is 0.471. The number of piperidine rings is 1. The van der Waals surface area contributed by atoms with Crippen LogP contribution < -0.4 is 5.32 Å². The fourth-order valence-corrected chi connectivity index (χ4v) is 2.49. The number of carbonyl (C=O) groups is 1. The molecule has 4 nitrogen and oxygen atoms in total. The molecule has 2 amide bonds. The van der Waals surface area contributed by atoms with Crippen molar-refractivity contribution < 1.29 is 9.53 Å². The van der Waals surface area contributed by atoms with E-state index in [1.807, 2.05) is 23.1 Å². The molecule has 1 aliphatic heterocycles. The molecule has 1 aromatic rings. The molecule has 0 spiro atoms. The highest BCUT2D eigenvalue weighted by atomic mass is 16.5. The summed E-state index contributed by atoms with van der Waals surface area (Å²) in [5.41, 5.74) is 1.21. The van der Waals surface area contributed by atoms with Crippen LogP contribution in [0, 0.1) is 5.92 Å². The van der Waals surface area contributed by atoms with Gasteiger partial charge < -0.3 is 15.0 Å². The number of amides is 2. The summed E-state index contributed by atoms with van der Waals surface area (Å²) in [6.07, 6.45) is 3.72. The van der Waals surface area contributed by atoms with Crippen molar-refractivity contribution in [2.24, 2.45) is 5.92 Å². The lowest BCUT2D eigenvalue weighted by molar-refractivity contribution is 0.0630. The first-order chi connectivity index (χ1) is 10.3. The zero-order valence-electron chi connectivity index (χ0n) is 12.5. The summed E-state index contributed by atoms with van der Waals surface area (Å²) >= 11 is 0. The zero-order chi connectivity index (χ0) is 14.9. The molecule has 1 saturated heterocycles. The van der Waals surface area contributed by atoms with Crippen LogP contribution in [0.4, 0.5) is 4.79 Å². The standard InChI is InChI=1S/C17H24N2O2/c1-2-10-18-17(20)19-11-8-16(9-12-19)14-21-13-15-6-4-3-5-7-15/h2-7,16H,1,8-14H2,(H,18,20). The first-order valence-corrected chi connectivity index (χ1v) is 7.55. The number of urea groups is 1. The summed E-state index contributed by atoms with van der Waals surface area (Å²) in [5, 5.41) is 2.82. The number of rotatable bonds is 6. The Labute approximate surface area is 126 Å². The van der Waals surface area contributed by atoms with E-state index in [1.165, 1.54) is 5.56 Å². The van der Waals surface area contributed by atoms with Crippen molar-refractivity contribution >= 4 is 6.03 Å². The van der Waals surface area contributed by atoms with Crippen LogP contribution in [0.3, 0.4) is 0 Å². The molecule has 4 heteroatoms. The third-order valence-electron chi connectivity index (χ3n) is 3.76. The van der Waals surface area contributed by atoms with Crippen molar-refractivity contribution in [3.63, 3.8) is 0 Å². The first kappa shape index (κ1) is 15.6. The highest BCUT2D eigenvalue weighted by Crippen LogP contribution is 2.18. The molecule has 21 heavy (non-hydrogen) atoms. The van der Waals surface area contributed by atoms with Crippen molar-refractivity contribution in [3.05, 3.63) is 48.6 Å². The predicted octanol–water partition coefficient (Wildman–Crippen LogP) is 2.81. The molecule has 0 saturated carbocycles. The fourth-order valence-electron chi connectivity index (χ4n) is 2.49. The van der Waals surface area contributed by atoms with Gasteiger partial charge in [0.25, 0.3) is 0 Å². The molecule has 1 heterocycles. The molecule has 1 N–H and O–H groups in total. The van der Waals surface area contributed by atoms with Crippen molar-refractivity contribution in [2.45, 2.75) is 19.4 Å². The van der Waals surface area contributed by atoms with E-state index in [9.17, 15) is 4.79 Å². The van der Waals surface area contributed by atoms with Crippen LogP contribution in [-0.2, 0) is 11.3 Å². The maximum atomic E-state index is 11.8. The van der Waals surface area contributed by atoms with Gasteiger partial charge in [0.15, 0.2) is 0 Å². The summed E-state index contributed by atoms with van der Waals surface area (Å²) in [5.74, 6) is 0.553. The van der Waals surface area contributed by atoms with Gasteiger partial charge in [-0.2, -0.15) is 0 Å². The largest absolute Gasteiger partial charge is 0.376 e. The first-order valence-electron chi connectivity index (χ1n) is 7.55. The number of ether oxygens (including phenoxy) is 1. The minimum absolute atomic E-state index is 0.0125. The minimum atomic E-state index is 0.0125.